The van der Waals surface area contributed by atoms with Crippen LogP contribution in [0.5, 0.6) is 11.5 Å². The third-order valence-electron chi connectivity index (χ3n) is 3.88. The van der Waals surface area contributed by atoms with E-state index in [1.807, 2.05) is 0 Å². The van der Waals surface area contributed by atoms with Gasteiger partial charge in [-0.2, -0.15) is 0 Å². The molecule has 0 saturated heterocycles. The number of amides is 1. The summed E-state index contributed by atoms with van der Waals surface area (Å²) < 4.78 is 46.2. The van der Waals surface area contributed by atoms with Gasteiger partial charge in [0.1, 0.15) is 10.9 Å². The number of aromatic nitrogens is 2. The van der Waals surface area contributed by atoms with Crippen molar-refractivity contribution in [2.45, 2.75) is 13.0 Å². The molecule has 0 unspecified atom stereocenters. The summed E-state index contributed by atoms with van der Waals surface area (Å²) in [6, 6.07) is 6.01. The molecule has 2 aromatic carbocycles. The minimum absolute atomic E-state index is 0.0119. The molecule has 30 heavy (non-hydrogen) atoms. The normalized spacial score (nSPS) is 11.0. The second kappa shape index (κ2) is 8.72. The average molecular weight is 460 g/mol. The number of nitrogens with one attached hydrogen (secondary N) is 2. The molecule has 0 radical (unpaired) electrons. The van der Waals surface area contributed by atoms with E-state index >= 15 is 0 Å². The Bertz CT molecular complexity index is 1110. The van der Waals surface area contributed by atoms with E-state index in [-0.39, 0.29) is 50.9 Å². The number of nitrogen functional groups attached to an aromatic ring is 2. The van der Waals surface area contributed by atoms with E-state index in [0.717, 1.165) is 12.1 Å². The number of hydrogen-bond acceptors (Lipinski definition) is 5. The summed E-state index contributed by atoms with van der Waals surface area (Å²) in [5.41, 5.74) is 10.5. The van der Waals surface area contributed by atoms with Crippen LogP contribution in [0.15, 0.2) is 30.3 Å². The minimum Gasteiger partial charge on any atom is -0.453 e. The minimum atomic E-state index is -2.79. The van der Waals surface area contributed by atoms with Crippen molar-refractivity contribution in [3.63, 3.8) is 0 Å². The van der Waals surface area contributed by atoms with Crippen molar-refractivity contribution in [2.75, 3.05) is 11.5 Å². The predicted octanol–water partition coefficient (Wildman–Crippen LogP) is 4.68. The highest BCUT2D eigenvalue weighted by Gasteiger charge is 2.19. The number of nitrogens with zero attached hydrogens (tertiary/aromatic N) is 1. The maximum Gasteiger partial charge on any atom is 0.273 e. The van der Waals surface area contributed by atoms with Gasteiger partial charge in [-0.05, 0) is 18.2 Å². The van der Waals surface area contributed by atoms with Crippen LogP contribution in [0.2, 0.25) is 10.2 Å². The van der Waals surface area contributed by atoms with Crippen molar-refractivity contribution in [2.24, 2.45) is 0 Å². The van der Waals surface area contributed by atoms with Crippen molar-refractivity contribution in [3.8, 4) is 11.5 Å². The second-order valence-electron chi connectivity index (χ2n) is 6.06. The van der Waals surface area contributed by atoms with Crippen molar-refractivity contribution in [1.82, 2.24) is 15.3 Å². The van der Waals surface area contributed by atoms with E-state index in [4.69, 9.17) is 39.4 Å². The van der Waals surface area contributed by atoms with E-state index in [0.29, 0.717) is 0 Å². The lowest BCUT2D eigenvalue weighted by Gasteiger charge is -2.13. The van der Waals surface area contributed by atoms with E-state index in [2.05, 4.69) is 15.3 Å². The van der Waals surface area contributed by atoms with Gasteiger partial charge in [-0.3, -0.25) is 4.79 Å². The summed E-state index contributed by atoms with van der Waals surface area (Å²) >= 11 is 11.8. The molecule has 3 rings (SSSR count). The highest BCUT2D eigenvalue weighted by Crippen LogP contribution is 2.36. The van der Waals surface area contributed by atoms with Crippen LogP contribution in [0.4, 0.5) is 24.8 Å². The Balaban J connectivity index is 1.82. The molecule has 0 aliphatic rings. The lowest BCUT2D eigenvalue weighted by molar-refractivity contribution is 0.0946. The number of imidazole rings is 1. The fraction of sp³-hybridized carbons (Fsp3) is 0.111. The zero-order chi connectivity index (χ0) is 22.0. The van der Waals surface area contributed by atoms with E-state index in [1.54, 1.807) is 0 Å². The van der Waals surface area contributed by atoms with Crippen molar-refractivity contribution < 1.29 is 22.7 Å². The number of anilines is 2. The summed E-state index contributed by atoms with van der Waals surface area (Å²) in [6.07, 6.45) is -2.79. The van der Waals surface area contributed by atoms with Crippen LogP contribution in [-0.4, -0.2) is 15.9 Å². The van der Waals surface area contributed by atoms with Crippen molar-refractivity contribution in [1.29, 1.82) is 0 Å². The van der Waals surface area contributed by atoms with Gasteiger partial charge in [-0.1, -0.05) is 29.3 Å². The summed E-state index contributed by atoms with van der Waals surface area (Å²) in [5, 5.41) is 2.26. The number of carbonyl (C=O) groups excluding carboxylic acids is 1. The van der Waals surface area contributed by atoms with Crippen LogP contribution >= 0.6 is 23.2 Å². The van der Waals surface area contributed by atoms with Crippen LogP contribution in [0.25, 0.3) is 0 Å². The topological polar surface area (TPSA) is 119 Å². The molecule has 0 bridgehead atoms. The fourth-order valence-corrected chi connectivity index (χ4v) is 2.94. The number of alkyl halides is 2. The molecule has 158 valence electrons. The Morgan fingerprint density at radius 1 is 1.23 bits per heavy atom. The SMILES string of the molecule is Nc1cc(Oc2c(Cl)ccc(CNC(=O)c3nc(N)[nH]c3Cl)c2F)cc(C(F)F)c1. The summed E-state index contributed by atoms with van der Waals surface area (Å²) in [6.45, 7) is -0.263. The van der Waals surface area contributed by atoms with Gasteiger partial charge in [0.15, 0.2) is 23.2 Å². The van der Waals surface area contributed by atoms with Crippen molar-refractivity contribution in [3.05, 3.63) is 63.1 Å². The second-order valence-corrected chi connectivity index (χ2v) is 6.84. The number of carbonyl (C=O) groups is 1. The standard InChI is InChI=1S/C18H14Cl2F3N5O2/c19-11-2-1-7(6-26-17(29)13-15(20)28-18(25)27-13)12(21)14(11)30-10-4-8(16(22)23)3-9(24)5-10/h1-5,16H,6,24H2,(H,26,29)(H3,25,27,28). The molecule has 0 aliphatic carbocycles. The Morgan fingerprint density at radius 2 is 1.97 bits per heavy atom. The molecule has 0 saturated carbocycles. The van der Waals surface area contributed by atoms with Gasteiger partial charge in [0, 0.05) is 29.4 Å². The van der Waals surface area contributed by atoms with Gasteiger partial charge < -0.3 is 26.5 Å². The first kappa shape index (κ1) is 21.6. The van der Waals surface area contributed by atoms with Crippen molar-refractivity contribution >= 4 is 40.7 Å². The van der Waals surface area contributed by atoms with Gasteiger partial charge in [-0.15, -0.1) is 0 Å². The van der Waals surface area contributed by atoms with Gasteiger partial charge >= 0.3 is 0 Å². The molecule has 6 N–H and O–H groups in total. The first-order chi connectivity index (χ1) is 14.2. The molecule has 0 aliphatic heterocycles. The molecular formula is C18H14Cl2F3N5O2. The molecule has 1 amide bonds. The number of ether oxygens (including phenoxy) is 1. The van der Waals surface area contributed by atoms with Gasteiger partial charge in [0.05, 0.1) is 5.02 Å². The molecule has 0 atom stereocenters. The maximum absolute atomic E-state index is 14.9. The third kappa shape index (κ3) is 4.71. The van der Waals surface area contributed by atoms with Crippen LogP contribution in [0, 0.1) is 5.82 Å². The summed E-state index contributed by atoms with van der Waals surface area (Å²) in [7, 11) is 0. The molecule has 3 aromatic rings. The Hall–Kier alpha value is -3.11. The Labute approximate surface area is 178 Å². The van der Waals surface area contributed by atoms with Gasteiger partial charge in [-0.25, -0.2) is 18.2 Å². The number of halogens is 5. The fourth-order valence-electron chi connectivity index (χ4n) is 2.53. The maximum atomic E-state index is 14.9. The first-order valence-corrected chi connectivity index (χ1v) is 9.03. The zero-order valence-electron chi connectivity index (χ0n) is 15.0. The average Bonchev–Trinajstić information content (AvgIpc) is 3.02. The van der Waals surface area contributed by atoms with Crippen LogP contribution < -0.4 is 21.5 Å². The highest BCUT2D eigenvalue weighted by atomic mass is 35.5. The molecule has 0 spiro atoms. The molecule has 7 nitrogen and oxygen atoms in total. The molecule has 1 aromatic heterocycles. The lowest BCUT2D eigenvalue weighted by Crippen LogP contribution is -2.24. The Kier molecular flexibility index (Phi) is 6.28. The van der Waals surface area contributed by atoms with E-state index in [9.17, 15) is 18.0 Å². The monoisotopic (exact) mass is 459 g/mol. The van der Waals surface area contributed by atoms with Crippen LogP contribution in [0.1, 0.15) is 28.0 Å². The third-order valence-corrected chi connectivity index (χ3v) is 4.46. The van der Waals surface area contributed by atoms with Gasteiger partial charge in [0.2, 0.25) is 0 Å². The number of nitrogens with two attached hydrogens (primary N) is 2. The largest absolute Gasteiger partial charge is 0.453 e. The van der Waals surface area contributed by atoms with E-state index in [1.165, 1.54) is 18.2 Å². The molecule has 1 heterocycles. The number of hydrogen-bond donors (Lipinski definition) is 4. The lowest BCUT2D eigenvalue weighted by atomic mass is 10.1. The highest BCUT2D eigenvalue weighted by molar-refractivity contribution is 6.32. The first-order valence-electron chi connectivity index (χ1n) is 8.28. The predicted molar refractivity (Wildman–Crippen MR) is 106 cm³/mol. The number of benzene rings is 2. The quantitative estimate of drug-likeness (QED) is 0.399. The molecular weight excluding hydrogens is 446 g/mol. The summed E-state index contributed by atoms with van der Waals surface area (Å²) in [5.74, 6) is -2.16. The van der Waals surface area contributed by atoms with Gasteiger partial charge in [0.25, 0.3) is 12.3 Å². The zero-order valence-corrected chi connectivity index (χ0v) is 16.5. The van der Waals surface area contributed by atoms with Crippen LogP contribution in [-0.2, 0) is 6.54 Å². The Morgan fingerprint density at radius 3 is 2.60 bits per heavy atom. The molecule has 0 fully saturated rings. The molecule has 12 heteroatoms. The smallest absolute Gasteiger partial charge is 0.273 e. The number of H-pyrrole nitrogens is 1. The summed E-state index contributed by atoms with van der Waals surface area (Å²) in [4.78, 5) is 18.3. The van der Waals surface area contributed by atoms with E-state index < -0.39 is 23.9 Å². The number of aromatic amines is 1. The van der Waals surface area contributed by atoms with Crippen LogP contribution in [0.3, 0.4) is 0 Å². The number of rotatable bonds is 6.